The Morgan fingerprint density at radius 3 is 2.19 bits per heavy atom. The Bertz CT molecular complexity index is 1230. The van der Waals surface area contributed by atoms with Gasteiger partial charge >= 0.3 is 0 Å². The number of rotatable bonds is 3. The molecule has 26 heavy (non-hydrogen) atoms. The van der Waals surface area contributed by atoms with E-state index in [1.165, 1.54) is 16.2 Å². The smallest absolute Gasteiger partial charge is 0.252 e. The van der Waals surface area contributed by atoms with Gasteiger partial charge in [0.15, 0.2) is 0 Å². The molecule has 1 aromatic heterocycles. The molecule has 0 spiro atoms. The Kier molecular flexibility index (Phi) is 3.32. The summed E-state index contributed by atoms with van der Waals surface area (Å²) in [5.41, 5.74) is 1.75. The molecule has 0 aliphatic heterocycles. The zero-order valence-electron chi connectivity index (χ0n) is 14.1. The minimum absolute atomic E-state index is 0.0558. The normalized spacial score (nSPS) is 11.4. The van der Waals surface area contributed by atoms with Crippen LogP contribution in [-0.4, -0.2) is 10.9 Å². The van der Waals surface area contributed by atoms with E-state index >= 15 is 0 Å². The third kappa shape index (κ3) is 2.29. The molecule has 0 saturated carbocycles. The molecule has 0 saturated heterocycles. The lowest BCUT2D eigenvalue weighted by Gasteiger charge is -2.14. The van der Waals surface area contributed by atoms with Gasteiger partial charge in [-0.1, -0.05) is 48.5 Å². The highest BCUT2D eigenvalue weighted by atomic mass is 16.1. The Morgan fingerprint density at radius 2 is 1.42 bits per heavy atom. The number of hydrogen-bond donors (Lipinski definition) is 1. The molecule has 124 valence electrons. The van der Waals surface area contributed by atoms with Crippen LogP contribution in [0, 0.1) is 0 Å². The van der Waals surface area contributed by atoms with E-state index in [0.717, 1.165) is 21.7 Å². The predicted octanol–water partition coefficient (Wildman–Crippen LogP) is 4.91. The fourth-order valence-electron chi connectivity index (χ4n) is 3.71. The number of benzene rings is 4. The van der Waals surface area contributed by atoms with Crippen LogP contribution in [0.2, 0.25) is 0 Å². The topological polar surface area (TPSA) is 42.0 Å². The first-order chi connectivity index (χ1) is 12.8. The van der Waals surface area contributed by atoms with Gasteiger partial charge in [0.05, 0.1) is 0 Å². The highest BCUT2D eigenvalue weighted by Crippen LogP contribution is 2.35. The summed E-state index contributed by atoms with van der Waals surface area (Å²) in [6.45, 7) is 0.489. The molecule has 5 aromatic rings. The number of nitrogens with zero attached hydrogens (tertiary/aromatic N) is 1. The largest absolute Gasteiger partial charge is 0.348 e. The maximum atomic E-state index is 12.8. The quantitative estimate of drug-likeness (QED) is 0.476. The molecule has 1 heterocycles. The van der Waals surface area contributed by atoms with E-state index in [2.05, 4.69) is 52.8 Å². The van der Waals surface area contributed by atoms with E-state index < -0.39 is 0 Å². The minimum atomic E-state index is -0.0558. The second kappa shape index (κ2) is 5.81. The number of pyridine rings is 1. The highest BCUT2D eigenvalue weighted by Gasteiger charge is 2.14. The SMILES string of the molecule is O=C(NCc1ccncc1)c1ccc2ccc3cccc4ccc1c2c34. The van der Waals surface area contributed by atoms with E-state index in [4.69, 9.17) is 0 Å². The molecule has 0 bridgehead atoms. The number of amides is 1. The van der Waals surface area contributed by atoms with E-state index in [1.54, 1.807) is 12.4 Å². The van der Waals surface area contributed by atoms with Gasteiger partial charge < -0.3 is 5.32 Å². The molecule has 0 fully saturated rings. The summed E-state index contributed by atoms with van der Waals surface area (Å²) in [5, 5.41) is 9.98. The Morgan fingerprint density at radius 1 is 0.769 bits per heavy atom. The van der Waals surface area contributed by atoms with Crippen LogP contribution < -0.4 is 5.32 Å². The van der Waals surface area contributed by atoms with Crippen molar-refractivity contribution in [3.8, 4) is 0 Å². The van der Waals surface area contributed by atoms with Crippen molar-refractivity contribution >= 4 is 38.2 Å². The zero-order valence-corrected chi connectivity index (χ0v) is 14.1. The summed E-state index contributed by atoms with van der Waals surface area (Å²) >= 11 is 0. The Hall–Kier alpha value is -3.46. The molecule has 0 atom stereocenters. The van der Waals surface area contributed by atoms with E-state index in [-0.39, 0.29) is 5.91 Å². The monoisotopic (exact) mass is 336 g/mol. The minimum Gasteiger partial charge on any atom is -0.348 e. The number of carbonyl (C=O) groups is 1. The molecular formula is C23H16N2O. The van der Waals surface area contributed by atoms with Crippen molar-refractivity contribution < 1.29 is 4.79 Å². The second-order valence-corrected chi connectivity index (χ2v) is 6.51. The number of carbonyl (C=O) groups excluding carboxylic acids is 1. The first kappa shape index (κ1) is 14.8. The summed E-state index contributed by atoms with van der Waals surface area (Å²) in [6, 6.07) is 22.5. The van der Waals surface area contributed by atoms with Crippen molar-refractivity contribution in [2.45, 2.75) is 6.54 Å². The summed E-state index contributed by atoms with van der Waals surface area (Å²) in [5.74, 6) is -0.0558. The van der Waals surface area contributed by atoms with Crippen LogP contribution in [0.5, 0.6) is 0 Å². The van der Waals surface area contributed by atoms with Gasteiger partial charge in [0.2, 0.25) is 0 Å². The molecule has 3 nitrogen and oxygen atoms in total. The lowest BCUT2D eigenvalue weighted by molar-refractivity contribution is 0.0952. The first-order valence-corrected chi connectivity index (χ1v) is 8.65. The van der Waals surface area contributed by atoms with Crippen molar-refractivity contribution in [3.05, 3.63) is 90.3 Å². The molecule has 3 heteroatoms. The van der Waals surface area contributed by atoms with E-state index in [1.807, 2.05) is 24.3 Å². The van der Waals surface area contributed by atoms with Gasteiger partial charge in [0.1, 0.15) is 0 Å². The highest BCUT2D eigenvalue weighted by molar-refractivity contribution is 6.26. The van der Waals surface area contributed by atoms with Crippen molar-refractivity contribution in [1.82, 2.24) is 10.3 Å². The van der Waals surface area contributed by atoms with Crippen LogP contribution >= 0.6 is 0 Å². The van der Waals surface area contributed by atoms with Crippen LogP contribution in [0.4, 0.5) is 0 Å². The molecule has 5 rings (SSSR count). The van der Waals surface area contributed by atoms with Crippen LogP contribution in [0.3, 0.4) is 0 Å². The zero-order chi connectivity index (χ0) is 17.5. The van der Waals surface area contributed by atoms with Crippen LogP contribution in [0.1, 0.15) is 15.9 Å². The summed E-state index contributed by atoms with van der Waals surface area (Å²) < 4.78 is 0. The van der Waals surface area contributed by atoms with E-state index in [0.29, 0.717) is 12.1 Å². The summed E-state index contributed by atoms with van der Waals surface area (Å²) in [4.78, 5) is 16.8. The lowest BCUT2D eigenvalue weighted by Crippen LogP contribution is -2.23. The standard InChI is InChI=1S/C23H16N2O/c26-23(25-14-15-10-12-24-13-11-15)20-9-7-18-5-4-16-2-1-3-17-6-8-19(20)22(18)21(16)17/h1-13H,14H2,(H,25,26). The van der Waals surface area contributed by atoms with Gasteiger partial charge in [0, 0.05) is 24.5 Å². The van der Waals surface area contributed by atoms with Gasteiger partial charge in [0.25, 0.3) is 5.91 Å². The summed E-state index contributed by atoms with van der Waals surface area (Å²) in [7, 11) is 0. The molecule has 4 aromatic carbocycles. The van der Waals surface area contributed by atoms with E-state index in [9.17, 15) is 4.79 Å². The molecule has 1 amide bonds. The molecule has 1 N–H and O–H groups in total. The fraction of sp³-hybridized carbons (Fsp3) is 0.0435. The van der Waals surface area contributed by atoms with Crippen molar-refractivity contribution in [2.24, 2.45) is 0 Å². The van der Waals surface area contributed by atoms with Gasteiger partial charge in [-0.05, 0) is 56.1 Å². The molecule has 0 radical (unpaired) electrons. The van der Waals surface area contributed by atoms with Crippen LogP contribution in [0.15, 0.2) is 79.1 Å². The second-order valence-electron chi connectivity index (χ2n) is 6.51. The van der Waals surface area contributed by atoms with Gasteiger partial charge in [-0.2, -0.15) is 0 Å². The number of aromatic nitrogens is 1. The first-order valence-electron chi connectivity index (χ1n) is 8.65. The van der Waals surface area contributed by atoms with Crippen LogP contribution in [0.25, 0.3) is 32.3 Å². The maximum Gasteiger partial charge on any atom is 0.252 e. The number of hydrogen-bond acceptors (Lipinski definition) is 2. The third-order valence-electron chi connectivity index (χ3n) is 4.98. The number of nitrogens with one attached hydrogen (secondary N) is 1. The Balaban J connectivity index is 1.62. The van der Waals surface area contributed by atoms with Gasteiger partial charge in [-0.25, -0.2) is 0 Å². The summed E-state index contributed by atoms with van der Waals surface area (Å²) in [6.07, 6.45) is 3.47. The average molecular weight is 336 g/mol. The predicted molar refractivity (Wildman–Crippen MR) is 106 cm³/mol. The molecule has 0 unspecified atom stereocenters. The van der Waals surface area contributed by atoms with Gasteiger partial charge in [-0.15, -0.1) is 0 Å². The van der Waals surface area contributed by atoms with Crippen LogP contribution in [-0.2, 0) is 6.54 Å². The van der Waals surface area contributed by atoms with Crippen molar-refractivity contribution in [2.75, 3.05) is 0 Å². The van der Waals surface area contributed by atoms with Gasteiger partial charge in [-0.3, -0.25) is 9.78 Å². The maximum absolute atomic E-state index is 12.8. The van der Waals surface area contributed by atoms with Crippen molar-refractivity contribution in [3.63, 3.8) is 0 Å². The fourth-order valence-corrected chi connectivity index (χ4v) is 3.71. The average Bonchev–Trinajstić information content (AvgIpc) is 2.71. The van der Waals surface area contributed by atoms with Crippen molar-refractivity contribution in [1.29, 1.82) is 0 Å². The molecule has 0 aliphatic carbocycles. The molecule has 0 aliphatic rings. The Labute approximate surface area is 150 Å². The lowest BCUT2D eigenvalue weighted by atomic mass is 9.92. The third-order valence-corrected chi connectivity index (χ3v) is 4.98. The molecular weight excluding hydrogens is 320 g/mol.